The van der Waals surface area contributed by atoms with Crippen LogP contribution >= 0.6 is 22.4 Å². The van der Waals surface area contributed by atoms with Gasteiger partial charge in [-0.25, -0.2) is 22.6 Å². The number of aromatic nitrogens is 2. The first-order chi connectivity index (χ1) is 14.3. The first kappa shape index (κ1) is 27.6. The third kappa shape index (κ3) is 6.25. The van der Waals surface area contributed by atoms with Crippen LogP contribution in [0.4, 0.5) is 4.39 Å². The lowest BCUT2D eigenvalue weighted by Gasteiger charge is -2.31. The third-order valence-electron chi connectivity index (χ3n) is 4.12. The third-order valence-corrected chi connectivity index (χ3v) is 8.82. The highest BCUT2D eigenvalue weighted by molar-refractivity contribution is 8.08. The molecule has 0 radical (unpaired) electrons. The summed E-state index contributed by atoms with van der Waals surface area (Å²) in [4.78, 5) is 61.4. The number of H-pyrrole nitrogens is 1. The number of hydrogen-bond acceptors (Lipinski definition) is 11. The molecule has 1 aromatic heterocycles. The fourth-order valence-electron chi connectivity index (χ4n) is 2.77. The summed E-state index contributed by atoms with van der Waals surface area (Å²) in [6.07, 6.45) is -3.06. The van der Waals surface area contributed by atoms with Crippen LogP contribution in [-0.4, -0.2) is 69.9 Å². The van der Waals surface area contributed by atoms with Gasteiger partial charge in [-0.3, -0.25) is 14.3 Å². The van der Waals surface area contributed by atoms with Crippen molar-refractivity contribution in [2.75, 3.05) is 13.3 Å². The molecule has 6 atom stereocenters. The van der Waals surface area contributed by atoms with Gasteiger partial charge in [0.2, 0.25) is 0 Å². The van der Waals surface area contributed by atoms with E-state index >= 15 is 0 Å². The van der Waals surface area contributed by atoms with Gasteiger partial charge in [-0.2, -0.15) is 4.31 Å². The minimum absolute atomic E-state index is 0.628. The maximum Gasteiger partial charge on any atom is 0.488 e. The topological polar surface area (TPSA) is 247 Å². The maximum atomic E-state index is 13.9. The molecule has 0 bridgehead atoms. The van der Waals surface area contributed by atoms with Gasteiger partial charge in [0.25, 0.3) is 5.56 Å². The fraction of sp³-hybridized carbons (Fsp3) is 0.636. The number of nitrogens with zero attached hydrogens (tertiary/aromatic N) is 1. The predicted molar refractivity (Wildman–Crippen MR) is 103 cm³/mol. The molecule has 2 rings (SSSR count). The van der Waals surface area contributed by atoms with Gasteiger partial charge in [0, 0.05) is 12.3 Å². The van der Waals surface area contributed by atoms with Gasteiger partial charge < -0.3 is 39.0 Å². The predicted octanol–water partition coefficient (Wildman–Crippen LogP) is -1.65. The van der Waals surface area contributed by atoms with Gasteiger partial charge >= 0.3 is 28.1 Å². The molecule has 0 spiro atoms. The average Bonchev–Trinajstić information content (AvgIpc) is 2.78. The van der Waals surface area contributed by atoms with E-state index < -0.39 is 70.4 Å². The van der Waals surface area contributed by atoms with Crippen molar-refractivity contribution in [3.8, 4) is 0 Å². The van der Waals surface area contributed by atoms with Crippen LogP contribution in [0.25, 0.3) is 0 Å². The normalized spacial score (nSPS) is 32.4. The zero-order valence-corrected chi connectivity index (χ0v) is 19.2. The molecule has 0 aliphatic carbocycles. The average molecular weight is 546 g/mol. The number of phosphoric acid groups is 2. The van der Waals surface area contributed by atoms with E-state index in [0.29, 0.717) is 4.57 Å². The first-order valence-corrected chi connectivity index (χ1v) is 13.7. The Morgan fingerprint density at radius 3 is 2.38 bits per heavy atom. The van der Waals surface area contributed by atoms with Crippen molar-refractivity contribution in [2.24, 2.45) is 0 Å². The van der Waals surface area contributed by atoms with E-state index in [9.17, 15) is 43.1 Å². The van der Waals surface area contributed by atoms with Crippen LogP contribution in [0.15, 0.2) is 21.9 Å². The highest BCUT2D eigenvalue weighted by atomic mass is 32.5. The number of aliphatic hydroxyl groups excluding tert-OH is 1. The summed E-state index contributed by atoms with van der Waals surface area (Å²) in [5.41, 5.74) is -6.79. The molecule has 1 aliphatic heterocycles. The zero-order chi connectivity index (χ0) is 24.8. The van der Waals surface area contributed by atoms with Crippen molar-refractivity contribution in [2.45, 2.75) is 30.5 Å². The summed E-state index contributed by atoms with van der Waals surface area (Å²) >= 11 is 4.41. The molecule has 7 N–H and O–H groups in total. The van der Waals surface area contributed by atoms with Gasteiger partial charge in [-0.15, -0.1) is 0 Å². The molecule has 1 fully saturated rings. The van der Waals surface area contributed by atoms with E-state index in [1.165, 1.54) is 0 Å². The lowest BCUT2D eigenvalue weighted by molar-refractivity contribution is -0.136. The Labute approximate surface area is 182 Å². The lowest BCUT2D eigenvalue weighted by atomic mass is 9.88. The summed E-state index contributed by atoms with van der Waals surface area (Å²) < 4.78 is 54.2. The summed E-state index contributed by atoms with van der Waals surface area (Å²) in [5.74, 6) is 0. The second-order valence-corrected chi connectivity index (χ2v) is 12.5. The Bertz CT molecular complexity index is 1120. The Morgan fingerprint density at radius 1 is 1.28 bits per heavy atom. The molecular weight excluding hydrogens is 528 g/mol. The quantitative estimate of drug-likeness (QED) is 0.171. The Hall–Kier alpha value is -0.680. The van der Waals surface area contributed by atoms with Crippen molar-refractivity contribution in [1.82, 2.24) is 9.55 Å². The molecule has 2 heterocycles. The van der Waals surface area contributed by atoms with Crippen LogP contribution < -0.4 is 11.2 Å². The molecule has 1 saturated heterocycles. The molecule has 1 aliphatic rings. The molecule has 0 saturated carbocycles. The lowest BCUT2D eigenvalue weighted by Crippen LogP contribution is -2.53. The van der Waals surface area contributed by atoms with Crippen LogP contribution in [0.1, 0.15) is 13.2 Å². The molecule has 1 aromatic rings. The number of ether oxygens (including phenoxy) is 1. The van der Waals surface area contributed by atoms with Crippen LogP contribution in [0.5, 0.6) is 0 Å². The van der Waals surface area contributed by atoms with Crippen LogP contribution in [0.2, 0.25) is 0 Å². The minimum atomic E-state index is -5.66. The first-order valence-electron chi connectivity index (χ1n) is 8.08. The van der Waals surface area contributed by atoms with Crippen molar-refractivity contribution in [1.29, 1.82) is 0 Å². The van der Waals surface area contributed by atoms with Gasteiger partial charge in [0.05, 0.1) is 6.61 Å². The SMILES string of the molecule is C[C@]1(O)C(n2ccc(=O)[nH]c2=O)O[C@](CF)(CO[P@](O)(=S)OP(=O)(O)OP(=O)(O)O)[C@H]1O. The highest BCUT2D eigenvalue weighted by Gasteiger charge is 2.62. The van der Waals surface area contributed by atoms with Crippen molar-refractivity contribution < 1.29 is 61.2 Å². The molecule has 2 unspecified atom stereocenters. The molecule has 21 heteroatoms. The smallest absolute Gasteiger partial charge is 0.387 e. The van der Waals surface area contributed by atoms with E-state index in [-0.39, 0.29) is 0 Å². The number of halogens is 1. The van der Waals surface area contributed by atoms with Gasteiger partial charge in [0.15, 0.2) is 11.8 Å². The Morgan fingerprint density at radius 2 is 1.88 bits per heavy atom. The fourth-order valence-corrected chi connectivity index (χ4v) is 6.77. The Kier molecular flexibility index (Phi) is 7.90. The number of aliphatic hydroxyl groups is 2. The number of nitrogens with one attached hydrogen (secondary N) is 1. The largest absolute Gasteiger partial charge is 0.488 e. The maximum absolute atomic E-state index is 13.9. The molecule has 32 heavy (non-hydrogen) atoms. The number of rotatable bonds is 9. The summed E-state index contributed by atoms with van der Waals surface area (Å²) in [7, 11) is -11.2. The number of alkyl halides is 1. The van der Waals surface area contributed by atoms with Crippen LogP contribution in [-0.2, 0) is 38.8 Å². The van der Waals surface area contributed by atoms with Crippen molar-refractivity contribution >= 4 is 34.2 Å². The summed E-state index contributed by atoms with van der Waals surface area (Å²) in [5, 5.41) is 21.1. The van der Waals surface area contributed by atoms with E-state index in [0.717, 1.165) is 19.2 Å². The van der Waals surface area contributed by atoms with E-state index in [4.69, 9.17) is 14.5 Å². The minimum Gasteiger partial charge on any atom is -0.387 e. The second kappa shape index (κ2) is 9.17. The molecular formula is C11H18FN2O14P3S. The number of aromatic amines is 1. The van der Waals surface area contributed by atoms with Crippen LogP contribution in [0, 0.1) is 0 Å². The summed E-state index contributed by atoms with van der Waals surface area (Å²) in [6, 6.07) is 0.875. The van der Waals surface area contributed by atoms with Gasteiger partial charge in [-0.05, 0) is 18.7 Å². The van der Waals surface area contributed by atoms with Crippen molar-refractivity contribution in [3.63, 3.8) is 0 Å². The monoisotopic (exact) mass is 546 g/mol. The van der Waals surface area contributed by atoms with E-state index in [1.807, 2.05) is 4.98 Å². The Balaban J connectivity index is 2.28. The van der Waals surface area contributed by atoms with Gasteiger partial charge in [0.1, 0.15) is 18.4 Å². The molecule has 16 nitrogen and oxygen atoms in total. The summed E-state index contributed by atoms with van der Waals surface area (Å²) in [6.45, 7) is -6.79. The molecule has 184 valence electrons. The molecule has 0 aromatic carbocycles. The zero-order valence-electron chi connectivity index (χ0n) is 15.7. The standard InChI is InChI=1S/C11H18FN2O14P3S/c1-10(18)7(16)11(4-12,26-8(10)14-3-2-6(15)13-9(14)17)5-25-31(24,32)28-30(22,23)27-29(19,20)21/h2-3,7-8,16,18H,4-5H2,1H3,(H,22,23)(H,24,32)(H,13,15,17)(H2,19,20,21)/t7-,8?,10+,11+,31-/m0/s1. The highest BCUT2D eigenvalue weighted by Crippen LogP contribution is 2.66. The van der Waals surface area contributed by atoms with Crippen molar-refractivity contribution in [3.05, 3.63) is 33.1 Å². The van der Waals surface area contributed by atoms with Crippen LogP contribution in [0.3, 0.4) is 0 Å². The molecule has 0 amide bonds. The van der Waals surface area contributed by atoms with Gasteiger partial charge in [-0.1, -0.05) is 0 Å². The van der Waals surface area contributed by atoms with E-state index in [2.05, 4.69) is 25.0 Å². The number of hydrogen-bond donors (Lipinski definition) is 7. The van der Waals surface area contributed by atoms with E-state index in [1.54, 1.807) is 0 Å². The second-order valence-electron chi connectivity index (χ2n) is 6.68.